The number of hydrogen-bond donors (Lipinski definition) is 0. The van der Waals surface area contributed by atoms with Crippen LogP contribution in [-0.4, -0.2) is 31.3 Å². The normalized spacial score (nSPS) is 10.7. The van der Waals surface area contributed by atoms with Crippen molar-refractivity contribution in [1.82, 2.24) is 4.90 Å². The van der Waals surface area contributed by atoms with Gasteiger partial charge in [0.25, 0.3) is 0 Å². The molecule has 0 bridgehead atoms. The fourth-order valence-corrected chi connectivity index (χ4v) is 3.06. The number of rotatable bonds is 7. The molecule has 2 aromatic carbocycles. The van der Waals surface area contributed by atoms with E-state index in [4.69, 9.17) is 0 Å². The summed E-state index contributed by atoms with van der Waals surface area (Å²) in [7, 11) is 4.11. The molecule has 0 unspecified atom stereocenters. The molecule has 2 aromatic rings. The number of carbonyl (C=O) groups excluding carboxylic acids is 1. The smallest absolute Gasteiger partial charge is 0.147 e. The van der Waals surface area contributed by atoms with E-state index in [1.54, 1.807) is 0 Å². The van der Waals surface area contributed by atoms with Crippen molar-refractivity contribution in [1.29, 1.82) is 0 Å². The second-order valence-corrected chi connectivity index (χ2v) is 5.97. The predicted octanol–water partition coefficient (Wildman–Crippen LogP) is 4.75. The van der Waals surface area contributed by atoms with Crippen LogP contribution in [0, 0.1) is 0 Å². The molecule has 0 aliphatic rings. The summed E-state index contributed by atoms with van der Waals surface area (Å²) in [5.41, 5.74) is 1.63. The van der Waals surface area contributed by atoms with Gasteiger partial charge in [-0.15, -0.1) is 24.8 Å². The maximum Gasteiger partial charge on any atom is 0.147 e. The van der Waals surface area contributed by atoms with Gasteiger partial charge in [0, 0.05) is 6.42 Å². The predicted molar refractivity (Wildman–Crippen MR) is 107 cm³/mol. The summed E-state index contributed by atoms with van der Waals surface area (Å²) in [5.74, 6) is 0.284. The van der Waals surface area contributed by atoms with E-state index in [-0.39, 0.29) is 30.6 Å². The van der Waals surface area contributed by atoms with Gasteiger partial charge in [-0.3, -0.25) is 4.79 Å². The van der Waals surface area contributed by atoms with Crippen molar-refractivity contribution < 1.29 is 4.79 Å². The molecule has 0 aliphatic carbocycles. The molecule has 0 aliphatic heterocycles. The quantitative estimate of drug-likeness (QED) is 0.703. The summed E-state index contributed by atoms with van der Waals surface area (Å²) in [5, 5.41) is 0. The molecule has 0 spiro atoms. The molecule has 0 radical (unpaired) electrons. The molecule has 0 amide bonds. The number of halogens is 2. The van der Waals surface area contributed by atoms with Crippen LogP contribution in [0.3, 0.4) is 0 Å². The van der Waals surface area contributed by atoms with Crippen molar-refractivity contribution >= 4 is 30.6 Å². The Morgan fingerprint density at radius 3 is 1.62 bits per heavy atom. The van der Waals surface area contributed by atoms with Crippen molar-refractivity contribution in [2.24, 2.45) is 0 Å². The summed E-state index contributed by atoms with van der Waals surface area (Å²) >= 11 is 0. The van der Waals surface area contributed by atoms with E-state index >= 15 is 0 Å². The third-order valence-corrected chi connectivity index (χ3v) is 4.26. The van der Waals surface area contributed by atoms with Crippen LogP contribution in [0.5, 0.6) is 0 Å². The lowest BCUT2D eigenvalue weighted by Gasteiger charge is -2.34. The van der Waals surface area contributed by atoms with Crippen LogP contribution in [0.1, 0.15) is 30.9 Å². The average molecular weight is 368 g/mol. The number of carbonyl (C=O) groups is 1. The topological polar surface area (TPSA) is 20.3 Å². The van der Waals surface area contributed by atoms with Crippen LogP contribution in [0.4, 0.5) is 0 Å². The molecule has 0 saturated carbocycles. The zero-order valence-corrected chi connectivity index (χ0v) is 16.2. The van der Waals surface area contributed by atoms with Gasteiger partial charge < -0.3 is 4.90 Å². The third kappa shape index (κ3) is 4.83. The average Bonchev–Trinajstić information content (AvgIpc) is 2.57. The van der Waals surface area contributed by atoms with E-state index in [0.29, 0.717) is 6.42 Å². The van der Waals surface area contributed by atoms with E-state index in [0.717, 1.165) is 24.1 Å². The molecule has 0 N–H and O–H groups in total. The van der Waals surface area contributed by atoms with Crippen molar-refractivity contribution in [2.75, 3.05) is 20.6 Å². The maximum absolute atomic E-state index is 13.0. The van der Waals surface area contributed by atoms with Crippen LogP contribution in [0.2, 0.25) is 0 Å². The summed E-state index contributed by atoms with van der Waals surface area (Å²) in [6.07, 6.45) is 1.33. The van der Waals surface area contributed by atoms with Gasteiger partial charge in [0.15, 0.2) is 0 Å². The molecule has 0 saturated heterocycles. The van der Waals surface area contributed by atoms with Gasteiger partial charge in [-0.25, -0.2) is 0 Å². The minimum Gasteiger partial charge on any atom is -0.309 e. The van der Waals surface area contributed by atoms with Crippen LogP contribution < -0.4 is 0 Å². The molecular weight excluding hydrogens is 341 g/mol. The fourth-order valence-electron chi connectivity index (χ4n) is 3.06. The Bertz CT molecular complexity index is 560. The van der Waals surface area contributed by atoms with Gasteiger partial charge in [0.2, 0.25) is 0 Å². The van der Waals surface area contributed by atoms with E-state index in [1.807, 2.05) is 43.3 Å². The number of ketones is 1. The zero-order chi connectivity index (χ0) is 16.0. The second-order valence-electron chi connectivity index (χ2n) is 5.97. The molecule has 0 atom stereocenters. The van der Waals surface area contributed by atoms with E-state index < -0.39 is 5.41 Å². The zero-order valence-electron chi connectivity index (χ0n) is 14.6. The summed E-state index contributed by atoms with van der Waals surface area (Å²) in [4.78, 5) is 15.2. The summed E-state index contributed by atoms with van der Waals surface area (Å²) in [6, 6.07) is 20.4. The molecule has 2 rings (SSSR count). The highest BCUT2D eigenvalue weighted by atomic mass is 35.5. The second kappa shape index (κ2) is 10.5. The Kier molecular flexibility index (Phi) is 9.91. The summed E-state index contributed by atoms with van der Waals surface area (Å²) < 4.78 is 0. The minimum absolute atomic E-state index is 0. The molecule has 2 nitrogen and oxygen atoms in total. The first-order valence-electron chi connectivity index (χ1n) is 7.90. The highest BCUT2D eigenvalue weighted by Crippen LogP contribution is 2.37. The Morgan fingerprint density at radius 2 is 1.29 bits per heavy atom. The van der Waals surface area contributed by atoms with E-state index in [9.17, 15) is 4.79 Å². The first kappa shape index (κ1) is 22.7. The SMILES string of the molecule is CCC(=O)C(CCN(C)C)(c1ccccc1)c1ccccc1.Cl.Cl. The molecule has 132 valence electrons. The van der Waals surface area contributed by atoms with Gasteiger partial charge >= 0.3 is 0 Å². The fraction of sp³-hybridized carbons (Fsp3) is 0.350. The molecule has 0 aromatic heterocycles. The van der Waals surface area contributed by atoms with Crippen LogP contribution in [0.15, 0.2) is 60.7 Å². The molecule has 24 heavy (non-hydrogen) atoms. The van der Waals surface area contributed by atoms with Crippen molar-refractivity contribution in [2.45, 2.75) is 25.2 Å². The number of nitrogens with zero attached hydrogens (tertiary/aromatic N) is 1. The Morgan fingerprint density at radius 1 is 0.875 bits per heavy atom. The standard InChI is InChI=1S/C20H25NO.2ClH/c1-4-19(22)20(15-16-21(2)3,17-11-7-5-8-12-17)18-13-9-6-10-14-18;;/h5-14H,4,15-16H2,1-3H3;2*1H. The molecular formula is C20H27Cl2NO. The Balaban J connectivity index is 0.00000264. The van der Waals surface area contributed by atoms with Crippen LogP contribution in [0.25, 0.3) is 0 Å². The van der Waals surface area contributed by atoms with Gasteiger partial charge in [-0.1, -0.05) is 67.6 Å². The van der Waals surface area contributed by atoms with Crippen molar-refractivity contribution in [3.05, 3.63) is 71.8 Å². The first-order valence-corrected chi connectivity index (χ1v) is 7.90. The van der Waals surface area contributed by atoms with Crippen LogP contribution in [-0.2, 0) is 10.2 Å². The van der Waals surface area contributed by atoms with Crippen molar-refractivity contribution in [3.63, 3.8) is 0 Å². The lowest BCUT2D eigenvalue weighted by molar-refractivity contribution is -0.123. The highest BCUT2D eigenvalue weighted by Gasteiger charge is 2.40. The third-order valence-electron chi connectivity index (χ3n) is 4.26. The number of benzene rings is 2. The largest absolute Gasteiger partial charge is 0.309 e. The lowest BCUT2D eigenvalue weighted by atomic mass is 9.68. The number of hydrogen-bond acceptors (Lipinski definition) is 2. The Hall–Kier alpha value is -1.35. The molecule has 0 fully saturated rings. The molecule has 0 heterocycles. The highest BCUT2D eigenvalue weighted by molar-refractivity contribution is 5.93. The molecule has 4 heteroatoms. The van der Waals surface area contributed by atoms with E-state index in [2.05, 4.69) is 43.3 Å². The number of Topliss-reactive ketones (excluding diaryl/α,β-unsaturated/α-hetero) is 1. The maximum atomic E-state index is 13.0. The van der Waals surface area contributed by atoms with Gasteiger partial charge in [0.05, 0.1) is 5.41 Å². The first-order chi connectivity index (χ1) is 10.6. The van der Waals surface area contributed by atoms with Gasteiger partial charge in [-0.05, 0) is 38.2 Å². The lowest BCUT2D eigenvalue weighted by Crippen LogP contribution is -2.39. The summed E-state index contributed by atoms with van der Waals surface area (Å²) in [6.45, 7) is 2.83. The minimum atomic E-state index is -0.554. The van der Waals surface area contributed by atoms with Gasteiger partial charge in [-0.2, -0.15) is 0 Å². The Labute approximate surface area is 158 Å². The van der Waals surface area contributed by atoms with Crippen LogP contribution >= 0.6 is 24.8 Å². The van der Waals surface area contributed by atoms with Crippen molar-refractivity contribution in [3.8, 4) is 0 Å². The van der Waals surface area contributed by atoms with Gasteiger partial charge in [0.1, 0.15) is 5.78 Å². The van der Waals surface area contributed by atoms with E-state index in [1.165, 1.54) is 0 Å². The monoisotopic (exact) mass is 367 g/mol.